The van der Waals surface area contributed by atoms with E-state index in [1.807, 2.05) is 20.8 Å². The zero-order chi connectivity index (χ0) is 17.4. The molecular weight excluding hydrogens is 346 g/mol. The summed E-state index contributed by atoms with van der Waals surface area (Å²) in [5.74, 6) is 0.380. The second-order valence-corrected chi connectivity index (χ2v) is 8.89. The van der Waals surface area contributed by atoms with Crippen molar-refractivity contribution >= 4 is 34.1 Å². The van der Waals surface area contributed by atoms with Gasteiger partial charge in [-0.1, -0.05) is 23.1 Å². The predicted octanol–water partition coefficient (Wildman–Crippen LogP) is 1.68. The number of anilines is 1. The number of ether oxygens (including phenoxy) is 1. The van der Waals surface area contributed by atoms with Gasteiger partial charge in [0.2, 0.25) is 11.0 Å². The molecule has 0 radical (unpaired) electrons. The summed E-state index contributed by atoms with van der Waals surface area (Å²) >= 11 is 2.92. The molecule has 2 N–H and O–H groups in total. The fraction of sp³-hybridized carbons (Fsp3) is 0.800. The maximum Gasteiger partial charge on any atom is 0.230 e. The number of nitrogens with one attached hydrogen (secondary N) is 2. The molecule has 1 aliphatic heterocycles. The highest BCUT2D eigenvalue weighted by Crippen LogP contribution is 2.25. The minimum Gasteiger partial charge on any atom is -0.379 e. The fourth-order valence-electron chi connectivity index (χ4n) is 2.24. The summed E-state index contributed by atoms with van der Waals surface area (Å²) in [7, 11) is 0. The summed E-state index contributed by atoms with van der Waals surface area (Å²) in [4.78, 5) is 14.2. The second-order valence-electron chi connectivity index (χ2n) is 6.69. The fourth-order valence-corrected chi connectivity index (χ4v) is 3.82. The van der Waals surface area contributed by atoms with Crippen LogP contribution in [-0.4, -0.2) is 71.7 Å². The standard InChI is InChI=1S/C15H27N5O2S2/c1-15(2,3)17-12(21)11-23-14-19-18-13(24-14)16-5-4-6-20-7-9-22-10-8-20/h4-11H2,1-3H3,(H,16,18)(H,17,21). The SMILES string of the molecule is CC(C)(C)NC(=O)CSc1nnc(NCCCN2CCOCC2)s1. The highest BCUT2D eigenvalue weighted by atomic mass is 32.2. The van der Waals surface area contributed by atoms with Crippen LogP contribution in [0.4, 0.5) is 5.13 Å². The van der Waals surface area contributed by atoms with E-state index in [0.717, 1.165) is 55.3 Å². The van der Waals surface area contributed by atoms with Gasteiger partial charge in [0.05, 0.1) is 19.0 Å². The van der Waals surface area contributed by atoms with E-state index < -0.39 is 0 Å². The van der Waals surface area contributed by atoms with Crippen molar-refractivity contribution in [3.05, 3.63) is 0 Å². The number of rotatable bonds is 8. The maximum atomic E-state index is 11.8. The highest BCUT2D eigenvalue weighted by Gasteiger charge is 2.15. The van der Waals surface area contributed by atoms with Crippen molar-refractivity contribution in [1.82, 2.24) is 20.4 Å². The average molecular weight is 374 g/mol. The minimum absolute atomic E-state index is 0.0164. The second kappa shape index (κ2) is 9.55. The van der Waals surface area contributed by atoms with Crippen molar-refractivity contribution in [2.24, 2.45) is 0 Å². The highest BCUT2D eigenvalue weighted by molar-refractivity contribution is 8.01. The van der Waals surface area contributed by atoms with Crippen LogP contribution in [0.5, 0.6) is 0 Å². The molecule has 2 heterocycles. The number of aromatic nitrogens is 2. The zero-order valence-corrected chi connectivity index (χ0v) is 16.3. The number of hydrogen-bond acceptors (Lipinski definition) is 8. The van der Waals surface area contributed by atoms with Gasteiger partial charge in [-0.2, -0.15) is 0 Å². The zero-order valence-electron chi connectivity index (χ0n) is 14.6. The van der Waals surface area contributed by atoms with Crippen LogP contribution < -0.4 is 10.6 Å². The Labute approximate surface area is 151 Å². The summed E-state index contributed by atoms with van der Waals surface area (Å²) in [6.07, 6.45) is 1.07. The number of carbonyl (C=O) groups excluding carboxylic acids is 1. The monoisotopic (exact) mass is 373 g/mol. The Hall–Kier alpha value is -0.900. The molecule has 1 fully saturated rings. The van der Waals surface area contributed by atoms with E-state index in [2.05, 4.69) is 25.7 Å². The normalized spacial score (nSPS) is 16.1. The van der Waals surface area contributed by atoms with Crippen LogP contribution in [0.3, 0.4) is 0 Å². The van der Waals surface area contributed by atoms with Gasteiger partial charge in [-0.25, -0.2) is 0 Å². The lowest BCUT2D eigenvalue weighted by Crippen LogP contribution is -2.41. The van der Waals surface area contributed by atoms with Gasteiger partial charge >= 0.3 is 0 Å². The first-order valence-electron chi connectivity index (χ1n) is 8.24. The predicted molar refractivity (Wildman–Crippen MR) is 98.9 cm³/mol. The van der Waals surface area contributed by atoms with Gasteiger partial charge in [0, 0.05) is 25.2 Å². The molecule has 2 rings (SSSR count). The Kier molecular flexibility index (Phi) is 7.73. The van der Waals surface area contributed by atoms with Crippen LogP contribution in [0.15, 0.2) is 4.34 Å². The number of thioether (sulfide) groups is 1. The molecule has 1 aromatic heterocycles. The first-order chi connectivity index (χ1) is 11.4. The first kappa shape index (κ1) is 19.4. The molecule has 0 atom stereocenters. The summed E-state index contributed by atoms with van der Waals surface area (Å²) in [6.45, 7) is 11.6. The Morgan fingerprint density at radius 3 is 2.79 bits per heavy atom. The summed E-state index contributed by atoms with van der Waals surface area (Å²) in [5, 5.41) is 15.3. The van der Waals surface area contributed by atoms with Gasteiger partial charge in [0.15, 0.2) is 4.34 Å². The lowest BCUT2D eigenvalue weighted by atomic mass is 10.1. The van der Waals surface area contributed by atoms with Crippen molar-refractivity contribution in [3.8, 4) is 0 Å². The van der Waals surface area contributed by atoms with Gasteiger partial charge < -0.3 is 15.4 Å². The van der Waals surface area contributed by atoms with Crippen molar-refractivity contribution in [1.29, 1.82) is 0 Å². The molecule has 0 saturated carbocycles. The van der Waals surface area contributed by atoms with E-state index in [1.54, 1.807) is 0 Å². The van der Waals surface area contributed by atoms with Crippen LogP contribution in [-0.2, 0) is 9.53 Å². The molecule has 0 aromatic carbocycles. The number of carbonyl (C=O) groups is 1. The van der Waals surface area contributed by atoms with Crippen LogP contribution in [0.2, 0.25) is 0 Å². The molecular formula is C15H27N5O2S2. The van der Waals surface area contributed by atoms with E-state index in [0.29, 0.717) is 5.75 Å². The number of hydrogen-bond donors (Lipinski definition) is 2. The van der Waals surface area contributed by atoms with Gasteiger partial charge in [-0.3, -0.25) is 9.69 Å². The van der Waals surface area contributed by atoms with Crippen molar-refractivity contribution in [3.63, 3.8) is 0 Å². The smallest absolute Gasteiger partial charge is 0.230 e. The van der Waals surface area contributed by atoms with Crippen LogP contribution in [0, 0.1) is 0 Å². The largest absolute Gasteiger partial charge is 0.379 e. The van der Waals surface area contributed by atoms with Gasteiger partial charge in [0.25, 0.3) is 0 Å². The third-order valence-electron chi connectivity index (χ3n) is 3.28. The van der Waals surface area contributed by atoms with Crippen LogP contribution in [0.25, 0.3) is 0 Å². The molecule has 1 aromatic rings. The average Bonchev–Trinajstić information content (AvgIpc) is 2.97. The molecule has 0 unspecified atom stereocenters. The molecule has 136 valence electrons. The molecule has 24 heavy (non-hydrogen) atoms. The van der Waals surface area contributed by atoms with Gasteiger partial charge in [0.1, 0.15) is 0 Å². The Morgan fingerprint density at radius 1 is 1.33 bits per heavy atom. The molecule has 9 heteroatoms. The molecule has 0 spiro atoms. The molecule has 1 aliphatic rings. The van der Waals surface area contributed by atoms with Crippen LogP contribution in [0.1, 0.15) is 27.2 Å². The lowest BCUT2D eigenvalue weighted by Gasteiger charge is -2.26. The Morgan fingerprint density at radius 2 is 2.08 bits per heavy atom. The number of morpholine rings is 1. The minimum atomic E-state index is -0.202. The van der Waals surface area contributed by atoms with Crippen molar-refractivity contribution < 1.29 is 9.53 Å². The third kappa shape index (κ3) is 7.78. The summed E-state index contributed by atoms with van der Waals surface area (Å²) in [6, 6.07) is 0. The maximum absolute atomic E-state index is 11.8. The van der Waals surface area contributed by atoms with Gasteiger partial charge in [-0.05, 0) is 33.7 Å². The van der Waals surface area contributed by atoms with Crippen molar-refractivity contribution in [2.45, 2.75) is 37.1 Å². The first-order valence-corrected chi connectivity index (χ1v) is 10.0. The quantitative estimate of drug-likeness (QED) is 0.530. The van der Waals surface area contributed by atoms with E-state index >= 15 is 0 Å². The van der Waals surface area contributed by atoms with E-state index in [4.69, 9.17) is 4.74 Å². The number of nitrogens with zero attached hydrogens (tertiary/aromatic N) is 3. The molecule has 1 saturated heterocycles. The molecule has 7 nitrogen and oxygen atoms in total. The van der Waals surface area contributed by atoms with E-state index in [-0.39, 0.29) is 11.4 Å². The Bertz CT molecular complexity index is 512. The molecule has 1 amide bonds. The third-order valence-corrected chi connectivity index (χ3v) is 5.29. The molecule has 0 aliphatic carbocycles. The van der Waals surface area contributed by atoms with E-state index in [9.17, 15) is 4.79 Å². The summed E-state index contributed by atoms with van der Waals surface area (Å²) < 4.78 is 6.15. The van der Waals surface area contributed by atoms with Gasteiger partial charge in [-0.15, -0.1) is 10.2 Å². The lowest BCUT2D eigenvalue weighted by molar-refractivity contribution is -0.119. The molecule has 0 bridgehead atoms. The van der Waals surface area contributed by atoms with Crippen molar-refractivity contribution in [2.75, 3.05) is 50.5 Å². The van der Waals surface area contributed by atoms with E-state index in [1.165, 1.54) is 23.1 Å². The van der Waals surface area contributed by atoms with Crippen LogP contribution >= 0.6 is 23.1 Å². The topological polar surface area (TPSA) is 79.4 Å². The summed E-state index contributed by atoms with van der Waals surface area (Å²) in [5.41, 5.74) is -0.202. The Balaban J connectivity index is 1.61. The number of amides is 1.